The zero-order chi connectivity index (χ0) is 27.0. The SMILES string of the molecule is CC[C@H](C)NC(=O)[C@@H](C)N(Cc1cccc(Cl)c1)C(=O)CN(c1ccc(OC)cc1OC)S(C)(=O)=O. The van der Waals surface area contributed by atoms with Gasteiger partial charge in [-0.05, 0) is 50.1 Å². The van der Waals surface area contributed by atoms with Crippen molar-refractivity contribution < 1.29 is 27.5 Å². The molecule has 2 rings (SSSR count). The number of carbonyl (C=O) groups excluding carboxylic acids is 2. The number of ether oxygens (including phenoxy) is 2. The number of rotatable bonds is 12. The second-order valence-corrected chi connectivity index (χ2v) is 10.8. The molecule has 0 bridgehead atoms. The molecular weight excluding hydrogens is 506 g/mol. The Morgan fingerprint density at radius 1 is 1.08 bits per heavy atom. The van der Waals surface area contributed by atoms with Crippen LogP contribution in [-0.4, -0.2) is 64.2 Å². The molecule has 36 heavy (non-hydrogen) atoms. The predicted molar refractivity (Wildman–Crippen MR) is 141 cm³/mol. The largest absolute Gasteiger partial charge is 0.497 e. The number of carbonyl (C=O) groups is 2. The third-order valence-electron chi connectivity index (χ3n) is 5.75. The van der Waals surface area contributed by atoms with Gasteiger partial charge in [0.25, 0.3) is 0 Å². The molecular formula is C25H34ClN3O6S. The number of anilines is 1. The molecule has 0 aliphatic rings. The van der Waals surface area contributed by atoms with Gasteiger partial charge in [-0.3, -0.25) is 13.9 Å². The van der Waals surface area contributed by atoms with Crippen molar-refractivity contribution in [2.24, 2.45) is 0 Å². The molecule has 1 N–H and O–H groups in total. The summed E-state index contributed by atoms with van der Waals surface area (Å²) in [5.41, 5.74) is 0.875. The fourth-order valence-electron chi connectivity index (χ4n) is 3.47. The molecule has 9 nitrogen and oxygen atoms in total. The molecule has 0 aromatic heterocycles. The van der Waals surface area contributed by atoms with Gasteiger partial charge < -0.3 is 19.7 Å². The Morgan fingerprint density at radius 3 is 2.33 bits per heavy atom. The van der Waals surface area contributed by atoms with Crippen LogP contribution in [0.15, 0.2) is 42.5 Å². The average molecular weight is 540 g/mol. The lowest BCUT2D eigenvalue weighted by atomic mass is 10.1. The van der Waals surface area contributed by atoms with Crippen LogP contribution in [0.25, 0.3) is 0 Å². The second kappa shape index (κ2) is 12.8. The van der Waals surface area contributed by atoms with E-state index in [4.69, 9.17) is 21.1 Å². The molecule has 2 amide bonds. The summed E-state index contributed by atoms with van der Waals surface area (Å²) >= 11 is 6.13. The summed E-state index contributed by atoms with van der Waals surface area (Å²) in [5, 5.41) is 3.37. The highest BCUT2D eigenvalue weighted by Crippen LogP contribution is 2.33. The van der Waals surface area contributed by atoms with Gasteiger partial charge in [0.15, 0.2) is 0 Å². The molecule has 198 valence electrons. The van der Waals surface area contributed by atoms with Crippen molar-refractivity contribution in [2.45, 2.75) is 45.8 Å². The Hall–Kier alpha value is -2.98. The summed E-state index contributed by atoms with van der Waals surface area (Å²) in [5.74, 6) is -0.220. The molecule has 0 radical (unpaired) electrons. The number of halogens is 1. The molecule has 0 saturated heterocycles. The minimum Gasteiger partial charge on any atom is -0.497 e. The van der Waals surface area contributed by atoms with Crippen molar-refractivity contribution >= 4 is 39.1 Å². The summed E-state index contributed by atoms with van der Waals surface area (Å²) in [6.45, 7) is 4.94. The highest BCUT2D eigenvalue weighted by atomic mass is 35.5. The van der Waals surface area contributed by atoms with Crippen molar-refractivity contribution in [1.82, 2.24) is 10.2 Å². The van der Waals surface area contributed by atoms with Crippen LogP contribution in [0.2, 0.25) is 5.02 Å². The first-order valence-corrected chi connectivity index (χ1v) is 13.7. The van der Waals surface area contributed by atoms with Gasteiger partial charge >= 0.3 is 0 Å². The van der Waals surface area contributed by atoms with Gasteiger partial charge in [0.05, 0.1) is 26.2 Å². The smallest absolute Gasteiger partial charge is 0.244 e. The highest BCUT2D eigenvalue weighted by Gasteiger charge is 2.31. The summed E-state index contributed by atoms with van der Waals surface area (Å²) in [4.78, 5) is 27.9. The normalized spacial score (nSPS) is 12.9. The fraction of sp³-hybridized carbons (Fsp3) is 0.440. The maximum atomic E-state index is 13.6. The molecule has 0 aliphatic heterocycles. The lowest BCUT2D eigenvalue weighted by Gasteiger charge is -2.32. The second-order valence-electron chi connectivity index (χ2n) is 8.45. The highest BCUT2D eigenvalue weighted by molar-refractivity contribution is 7.92. The van der Waals surface area contributed by atoms with E-state index in [-0.39, 0.29) is 29.9 Å². The minimum absolute atomic E-state index is 0.0613. The number of hydrogen-bond acceptors (Lipinski definition) is 6. The number of nitrogens with zero attached hydrogens (tertiary/aromatic N) is 2. The molecule has 2 aromatic carbocycles. The Balaban J connectivity index is 2.46. The molecule has 11 heteroatoms. The molecule has 2 atom stereocenters. The predicted octanol–water partition coefficient (Wildman–Crippen LogP) is 3.46. The van der Waals surface area contributed by atoms with Crippen molar-refractivity contribution in [1.29, 1.82) is 0 Å². The number of methoxy groups -OCH3 is 2. The third-order valence-corrected chi connectivity index (χ3v) is 7.11. The van der Waals surface area contributed by atoms with E-state index in [0.29, 0.717) is 16.3 Å². The summed E-state index contributed by atoms with van der Waals surface area (Å²) < 4.78 is 37.1. The first kappa shape index (κ1) is 29.3. The lowest BCUT2D eigenvalue weighted by Crippen LogP contribution is -2.52. The monoisotopic (exact) mass is 539 g/mol. The van der Waals surface area contributed by atoms with Crippen molar-refractivity contribution in [2.75, 3.05) is 31.3 Å². The number of hydrogen-bond donors (Lipinski definition) is 1. The first-order valence-electron chi connectivity index (χ1n) is 11.4. The first-order chi connectivity index (χ1) is 16.9. The van der Waals surface area contributed by atoms with E-state index >= 15 is 0 Å². The van der Waals surface area contributed by atoms with Crippen LogP contribution in [0, 0.1) is 0 Å². The van der Waals surface area contributed by atoms with Gasteiger partial charge in [0.2, 0.25) is 21.8 Å². The van der Waals surface area contributed by atoms with Crippen LogP contribution in [-0.2, 0) is 26.2 Å². The molecule has 0 heterocycles. The molecule has 0 aliphatic carbocycles. The maximum Gasteiger partial charge on any atom is 0.244 e. The van der Waals surface area contributed by atoms with Gasteiger partial charge in [-0.1, -0.05) is 30.7 Å². The van der Waals surface area contributed by atoms with Crippen molar-refractivity contribution in [3.05, 3.63) is 53.1 Å². The minimum atomic E-state index is -3.90. The molecule has 2 aromatic rings. The number of sulfonamides is 1. The third kappa shape index (κ3) is 7.76. The molecule has 0 saturated carbocycles. The lowest BCUT2D eigenvalue weighted by molar-refractivity contribution is -0.139. The van der Waals surface area contributed by atoms with Crippen molar-refractivity contribution in [3.63, 3.8) is 0 Å². The topological polar surface area (TPSA) is 105 Å². The van der Waals surface area contributed by atoms with Gasteiger partial charge in [0, 0.05) is 23.7 Å². The van der Waals surface area contributed by atoms with E-state index in [0.717, 1.165) is 17.0 Å². The van der Waals surface area contributed by atoms with E-state index in [1.165, 1.54) is 31.3 Å². The van der Waals surface area contributed by atoms with E-state index in [1.807, 2.05) is 13.8 Å². The Morgan fingerprint density at radius 2 is 1.78 bits per heavy atom. The number of benzene rings is 2. The zero-order valence-corrected chi connectivity index (χ0v) is 23.0. The quantitative estimate of drug-likeness (QED) is 0.443. The van der Waals surface area contributed by atoms with Crippen LogP contribution in [0.1, 0.15) is 32.8 Å². The standard InChI is InChI=1S/C25H34ClN3O6S/c1-7-17(2)27-25(31)18(3)28(15-19-9-8-10-20(26)13-19)24(30)16-29(36(6,32)33)22-12-11-21(34-4)14-23(22)35-5/h8-14,17-18H,7,15-16H2,1-6H3,(H,27,31)/t17-,18+/m0/s1. The van der Waals surface area contributed by atoms with Gasteiger partial charge in [-0.25, -0.2) is 8.42 Å². The summed E-state index contributed by atoms with van der Waals surface area (Å²) in [6, 6.07) is 10.6. The van der Waals surface area contributed by atoms with Crippen LogP contribution >= 0.6 is 11.6 Å². The molecule has 0 unspecified atom stereocenters. The summed E-state index contributed by atoms with van der Waals surface area (Å²) in [7, 11) is -1.03. The van der Waals surface area contributed by atoms with Gasteiger partial charge in [0.1, 0.15) is 24.1 Å². The average Bonchev–Trinajstić information content (AvgIpc) is 2.84. The maximum absolute atomic E-state index is 13.6. The van der Waals surface area contributed by atoms with Crippen LogP contribution < -0.4 is 19.1 Å². The Bertz CT molecular complexity index is 1170. The zero-order valence-electron chi connectivity index (χ0n) is 21.4. The van der Waals surface area contributed by atoms with E-state index < -0.39 is 28.5 Å². The van der Waals surface area contributed by atoms with Gasteiger partial charge in [-0.15, -0.1) is 0 Å². The van der Waals surface area contributed by atoms with Crippen LogP contribution in [0.5, 0.6) is 11.5 Å². The van der Waals surface area contributed by atoms with Crippen LogP contribution in [0.4, 0.5) is 5.69 Å². The van der Waals surface area contributed by atoms with Crippen LogP contribution in [0.3, 0.4) is 0 Å². The molecule has 0 spiro atoms. The molecule has 0 fully saturated rings. The summed E-state index contributed by atoms with van der Waals surface area (Å²) in [6.07, 6.45) is 1.73. The Kier molecular flexibility index (Phi) is 10.4. The number of amides is 2. The van der Waals surface area contributed by atoms with Gasteiger partial charge in [-0.2, -0.15) is 0 Å². The van der Waals surface area contributed by atoms with Crippen molar-refractivity contribution in [3.8, 4) is 11.5 Å². The Labute approximate surface area is 218 Å². The fourth-order valence-corrected chi connectivity index (χ4v) is 4.53. The number of nitrogens with one attached hydrogen (secondary N) is 1. The van der Waals surface area contributed by atoms with E-state index in [2.05, 4.69) is 5.32 Å². The van der Waals surface area contributed by atoms with E-state index in [1.54, 1.807) is 37.3 Å². The van der Waals surface area contributed by atoms with E-state index in [9.17, 15) is 18.0 Å².